The lowest BCUT2D eigenvalue weighted by molar-refractivity contribution is -0.137. The third-order valence-electron chi connectivity index (χ3n) is 6.12. The summed E-state index contributed by atoms with van der Waals surface area (Å²) >= 11 is 0. The minimum absolute atomic E-state index is 0.0570. The van der Waals surface area contributed by atoms with Crippen LogP contribution in [0.1, 0.15) is 36.0 Å². The van der Waals surface area contributed by atoms with E-state index in [0.717, 1.165) is 41.3 Å². The van der Waals surface area contributed by atoms with Crippen molar-refractivity contribution in [1.82, 2.24) is 10.6 Å². The van der Waals surface area contributed by atoms with Gasteiger partial charge in [0.2, 0.25) is 5.91 Å². The summed E-state index contributed by atoms with van der Waals surface area (Å²) in [6, 6.07) is 13.6. The highest BCUT2D eigenvalue weighted by molar-refractivity contribution is 5.88. The molecule has 1 aromatic heterocycles. The first-order chi connectivity index (χ1) is 17.4. The van der Waals surface area contributed by atoms with E-state index in [4.69, 9.17) is 14.3 Å². The molecule has 0 spiro atoms. The van der Waals surface area contributed by atoms with Gasteiger partial charge in [-0.05, 0) is 48.9 Å². The molecular formula is C27H28N2O7. The van der Waals surface area contributed by atoms with E-state index in [9.17, 15) is 19.2 Å². The van der Waals surface area contributed by atoms with E-state index in [-0.39, 0.29) is 38.0 Å². The van der Waals surface area contributed by atoms with Crippen LogP contribution in [-0.4, -0.2) is 42.1 Å². The Morgan fingerprint density at radius 1 is 1.06 bits per heavy atom. The summed E-state index contributed by atoms with van der Waals surface area (Å²) in [5, 5.41) is 15.0. The minimum atomic E-state index is -0.937. The molecule has 1 aliphatic carbocycles. The van der Waals surface area contributed by atoms with Crippen LogP contribution in [0.25, 0.3) is 11.0 Å². The Kier molecular flexibility index (Phi) is 7.99. The molecule has 0 radical (unpaired) electrons. The SMILES string of the molecule is O=C(O)CCCNC(=O)[C@@H](Cc1ccccc1)NC(=O)COc1ccc2c3c(c(=O)oc2c1)CCC3. The van der Waals surface area contributed by atoms with Gasteiger partial charge in [0.15, 0.2) is 6.61 Å². The van der Waals surface area contributed by atoms with Crippen molar-refractivity contribution < 1.29 is 28.6 Å². The summed E-state index contributed by atoms with van der Waals surface area (Å²) in [4.78, 5) is 48.3. The van der Waals surface area contributed by atoms with Crippen molar-refractivity contribution in [2.75, 3.05) is 13.2 Å². The average molecular weight is 493 g/mol. The van der Waals surface area contributed by atoms with E-state index in [1.807, 2.05) is 36.4 Å². The highest BCUT2D eigenvalue weighted by Gasteiger charge is 2.22. The van der Waals surface area contributed by atoms with Crippen molar-refractivity contribution in [2.45, 2.75) is 44.6 Å². The maximum atomic E-state index is 12.7. The van der Waals surface area contributed by atoms with Gasteiger partial charge in [0.05, 0.1) is 0 Å². The number of carbonyl (C=O) groups is 3. The third kappa shape index (κ3) is 6.29. The van der Waals surface area contributed by atoms with E-state index in [1.165, 1.54) is 0 Å². The van der Waals surface area contributed by atoms with Gasteiger partial charge in [0.25, 0.3) is 5.91 Å². The van der Waals surface area contributed by atoms with E-state index >= 15 is 0 Å². The number of carboxylic acid groups (broad SMARTS) is 1. The monoisotopic (exact) mass is 492 g/mol. The number of carboxylic acids is 1. The zero-order chi connectivity index (χ0) is 25.5. The average Bonchev–Trinajstić information content (AvgIpc) is 3.36. The van der Waals surface area contributed by atoms with Crippen LogP contribution in [0.4, 0.5) is 0 Å². The van der Waals surface area contributed by atoms with Gasteiger partial charge in [-0.15, -0.1) is 0 Å². The summed E-state index contributed by atoms with van der Waals surface area (Å²) in [6.45, 7) is -0.146. The van der Waals surface area contributed by atoms with Crippen LogP contribution in [0.3, 0.4) is 0 Å². The zero-order valence-electron chi connectivity index (χ0n) is 19.7. The lowest BCUT2D eigenvalue weighted by Crippen LogP contribution is -2.49. The predicted molar refractivity (Wildman–Crippen MR) is 132 cm³/mol. The molecule has 9 heteroatoms. The number of aryl methyl sites for hydroxylation is 1. The van der Waals surface area contributed by atoms with Gasteiger partial charge in [-0.2, -0.15) is 0 Å². The maximum Gasteiger partial charge on any atom is 0.339 e. The first-order valence-corrected chi connectivity index (χ1v) is 11.9. The Morgan fingerprint density at radius 2 is 1.83 bits per heavy atom. The number of fused-ring (bicyclic) bond motifs is 3. The third-order valence-corrected chi connectivity index (χ3v) is 6.12. The Balaban J connectivity index is 1.38. The summed E-state index contributed by atoms with van der Waals surface area (Å²) in [6.07, 6.45) is 2.99. The van der Waals surface area contributed by atoms with Crippen LogP contribution in [0, 0.1) is 0 Å². The van der Waals surface area contributed by atoms with Crippen LogP contribution < -0.4 is 21.0 Å². The Morgan fingerprint density at radius 3 is 2.61 bits per heavy atom. The summed E-state index contributed by atoms with van der Waals surface area (Å²) in [5.41, 5.74) is 2.70. The molecule has 36 heavy (non-hydrogen) atoms. The predicted octanol–water partition coefficient (Wildman–Crippen LogP) is 2.37. The molecule has 0 fully saturated rings. The highest BCUT2D eigenvalue weighted by atomic mass is 16.5. The van der Waals surface area contributed by atoms with Crippen LogP contribution in [0.2, 0.25) is 0 Å². The Bertz CT molecular complexity index is 1320. The second kappa shape index (κ2) is 11.5. The normalized spacial score (nSPS) is 13.1. The fourth-order valence-corrected chi connectivity index (χ4v) is 4.37. The van der Waals surface area contributed by atoms with E-state index in [1.54, 1.807) is 12.1 Å². The Labute approximate surface area is 207 Å². The number of hydrogen-bond donors (Lipinski definition) is 3. The quantitative estimate of drug-likeness (QED) is 0.276. The van der Waals surface area contributed by atoms with Crippen LogP contribution in [0.5, 0.6) is 5.75 Å². The first kappa shape index (κ1) is 25.0. The standard InChI is InChI=1S/C27H28N2O7/c30-24(16-35-18-11-12-20-19-8-4-9-21(19)27(34)36-23(20)15-18)29-22(14-17-6-2-1-3-7-17)26(33)28-13-5-10-25(31)32/h1-3,6-7,11-12,15,22H,4-5,8-10,13-14,16H2,(H,28,33)(H,29,30)(H,31,32)/t22-/m1/s1. The molecule has 0 bridgehead atoms. The van der Waals surface area contributed by atoms with Crippen molar-refractivity contribution in [1.29, 1.82) is 0 Å². The van der Waals surface area contributed by atoms with Gasteiger partial charge < -0.3 is 24.9 Å². The molecule has 3 N–H and O–H groups in total. The second-order valence-electron chi connectivity index (χ2n) is 8.74. The molecule has 4 rings (SSSR count). The number of ether oxygens (including phenoxy) is 1. The molecule has 0 unspecified atom stereocenters. The molecular weight excluding hydrogens is 464 g/mol. The largest absolute Gasteiger partial charge is 0.484 e. The summed E-state index contributed by atoms with van der Waals surface area (Å²) in [7, 11) is 0. The maximum absolute atomic E-state index is 12.7. The van der Waals surface area contributed by atoms with Gasteiger partial charge in [0.1, 0.15) is 17.4 Å². The van der Waals surface area contributed by atoms with Gasteiger partial charge in [-0.25, -0.2) is 4.79 Å². The zero-order valence-corrected chi connectivity index (χ0v) is 19.7. The number of nitrogens with one attached hydrogen (secondary N) is 2. The van der Waals surface area contributed by atoms with Gasteiger partial charge in [0, 0.05) is 36.4 Å². The number of amides is 2. The molecule has 0 aliphatic heterocycles. The number of rotatable bonds is 11. The number of aliphatic carboxylic acids is 1. The van der Waals surface area contributed by atoms with Crippen molar-refractivity contribution in [3.8, 4) is 5.75 Å². The summed E-state index contributed by atoms with van der Waals surface area (Å²) < 4.78 is 11.1. The van der Waals surface area contributed by atoms with E-state index < -0.39 is 23.8 Å². The fourth-order valence-electron chi connectivity index (χ4n) is 4.37. The smallest absolute Gasteiger partial charge is 0.339 e. The topological polar surface area (TPSA) is 135 Å². The van der Waals surface area contributed by atoms with Gasteiger partial charge in [-0.1, -0.05) is 30.3 Å². The molecule has 1 atom stereocenters. The lowest BCUT2D eigenvalue weighted by Gasteiger charge is -2.19. The van der Waals surface area contributed by atoms with Crippen LogP contribution >= 0.6 is 0 Å². The van der Waals surface area contributed by atoms with Gasteiger partial charge in [-0.3, -0.25) is 14.4 Å². The Hall–Kier alpha value is -4.14. The number of benzene rings is 2. The number of carbonyl (C=O) groups excluding carboxylic acids is 2. The molecule has 1 heterocycles. The second-order valence-corrected chi connectivity index (χ2v) is 8.74. The molecule has 2 amide bonds. The van der Waals surface area contributed by atoms with Crippen molar-refractivity contribution in [2.24, 2.45) is 0 Å². The fraction of sp³-hybridized carbons (Fsp3) is 0.333. The molecule has 0 saturated carbocycles. The highest BCUT2D eigenvalue weighted by Crippen LogP contribution is 2.29. The van der Waals surface area contributed by atoms with E-state index in [2.05, 4.69) is 10.6 Å². The molecule has 188 valence electrons. The molecule has 9 nitrogen and oxygen atoms in total. The van der Waals surface area contributed by atoms with Crippen molar-refractivity contribution in [3.63, 3.8) is 0 Å². The van der Waals surface area contributed by atoms with Crippen LogP contribution in [-0.2, 0) is 33.6 Å². The summed E-state index contributed by atoms with van der Waals surface area (Å²) in [5.74, 6) is -1.46. The molecule has 3 aromatic rings. The van der Waals surface area contributed by atoms with Crippen molar-refractivity contribution >= 4 is 28.8 Å². The molecule has 1 aliphatic rings. The number of hydrogen-bond acceptors (Lipinski definition) is 6. The lowest BCUT2D eigenvalue weighted by atomic mass is 10.1. The van der Waals surface area contributed by atoms with E-state index in [0.29, 0.717) is 11.3 Å². The molecule has 0 saturated heterocycles. The minimum Gasteiger partial charge on any atom is -0.484 e. The first-order valence-electron chi connectivity index (χ1n) is 11.9. The van der Waals surface area contributed by atoms with Crippen LogP contribution in [0.15, 0.2) is 57.7 Å². The molecule has 2 aromatic carbocycles. The van der Waals surface area contributed by atoms with Crippen molar-refractivity contribution in [3.05, 3.63) is 75.6 Å². The van der Waals surface area contributed by atoms with Gasteiger partial charge >= 0.3 is 11.6 Å².